The van der Waals surface area contributed by atoms with Gasteiger partial charge in [0.15, 0.2) is 0 Å². The summed E-state index contributed by atoms with van der Waals surface area (Å²) in [4.78, 5) is 14.5. The van der Waals surface area contributed by atoms with Crippen molar-refractivity contribution in [1.82, 2.24) is 4.90 Å². The van der Waals surface area contributed by atoms with Gasteiger partial charge in [-0.1, -0.05) is 30.3 Å². The summed E-state index contributed by atoms with van der Waals surface area (Å²) in [5, 5.41) is 10.5. The Morgan fingerprint density at radius 3 is 2.38 bits per heavy atom. The van der Waals surface area contributed by atoms with Crippen LogP contribution in [-0.4, -0.2) is 29.0 Å². The Balaban J connectivity index is 1.62. The minimum absolute atomic E-state index is 0.0582. The SMILES string of the molecule is Cc1ccccc1C(=O)N1CCC(C(O)c2ccc(F)cc2)CC1. The summed E-state index contributed by atoms with van der Waals surface area (Å²) in [6.07, 6.45) is 0.882. The molecule has 0 radical (unpaired) electrons. The Labute approximate surface area is 141 Å². The number of amides is 1. The lowest BCUT2D eigenvalue weighted by Gasteiger charge is -2.34. The molecule has 0 aromatic heterocycles. The fraction of sp³-hybridized carbons (Fsp3) is 0.350. The third-order valence-corrected chi connectivity index (χ3v) is 4.86. The first kappa shape index (κ1) is 16.7. The van der Waals surface area contributed by atoms with Crippen LogP contribution in [0, 0.1) is 18.7 Å². The van der Waals surface area contributed by atoms with Crippen LogP contribution in [0.3, 0.4) is 0 Å². The van der Waals surface area contributed by atoms with Gasteiger partial charge in [0.05, 0.1) is 6.10 Å². The van der Waals surface area contributed by atoms with Crippen molar-refractivity contribution in [3.05, 3.63) is 71.0 Å². The van der Waals surface area contributed by atoms with Crippen LogP contribution < -0.4 is 0 Å². The molecule has 126 valence electrons. The number of hydrogen-bond acceptors (Lipinski definition) is 2. The lowest BCUT2D eigenvalue weighted by molar-refractivity contribution is 0.0461. The highest BCUT2D eigenvalue weighted by atomic mass is 19.1. The van der Waals surface area contributed by atoms with Crippen molar-refractivity contribution in [1.29, 1.82) is 0 Å². The van der Waals surface area contributed by atoms with E-state index < -0.39 is 6.10 Å². The van der Waals surface area contributed by atoms with Gasteiger partial charge in [-0.2, -0.15) is 0 Å². The molecule has 1 heterocycles. The van der Waals surface area contributed by atoms with Crippen molar-refractivity contribution in [3.63, 3.8) is 0 Å². The van der Waals surface area contributed by atoms with E-state index in [-0.39, 0.29) is 17.6 Å². The lowest BCUT2D eigenvalue weighted by Crippen LogP contribution is -2.40. The summed E-state index contributed by atoms with van der Waals surface area (Å²) in [7, 11) is 0. The van der Waals surface area contributed by atoms with Crippen LogP contribution in [0.4, 0.5) is 4.39 Å². The summed E-state index contributed by atoms with van der Waals surface area (Å²) < 4.78 is 13.0. The van der Waals surface area contributed by atoms with Crippen LogP contribution in [0.15, 0.2) is 48.5 Å². The van der Waals surface area contributed by atoms with Crippen molar-refractivity contribution in [2.24, 2.45) is 5.92 Å². The molecular formula is C20H22FNO2. The standard InChI is InChI=1S/C20H22FNO2/c1-14-4-2-3-5-18(14)20(24)22-12-10-16(11-13-22)19(23)15-6-8-17(21)9-7-15/h2-9,16,19,23H,10-13H2,1H3. The zero-order valence-electron chi connectivity index (χ0n) is 13.8. The van der Waals surface area contributed by atoms with E-state index >= 15 is 0 Å². The van der Waals surface area contributed by atoms with Gasteiger partial charge in [-0.05, 0) is 55.0 Å². The Kier molecular flexibility index (Phi) is 4.95. The van der Waals surface area contributed by atoms with Crippen LogP contribution in [0.1, 0.15) is 40.4 Å². The fourth-order valence-electron chi connectivity index (χ4n) is 3.33. The summed E-state index contributed by atoms with van der Waals surface area (Å²) in [6, 6.07) is 13.6. The number of nitrogens with zero attached hydrogens (tertiary/aromatic N) is 1. The predicted molar refractivity (Wildman–Crippen MR) is 91.2 cm³/mol. The number of aliphatic hydroxyl groups is 1. The molecule has 2 aromatic carbocycles. The molecule has 2 aromatic rings. The van der Waals surface area contributed by atoms with Crippen molar-refractivity contribution < 1.29 is 14.3 Å². The molecule has 0 bridgehead atoms. The second kappa shape index (κ2) is 7.14. The zero-order chi connectivity index (χ0) is 17.1. The van der Waals surface area contributed by atoms with Gasteiger partial charge in [0, 0.05) is 18.7 Å². The van der Waals surface area contributed by atoms with Gasteiger partial charge >= 0.3 is 0 Å². The molecular weight excluding hydrogens is 305 g/mol. The first-order chi connectivity index (χ1) is 11.6. The number of hydrogen-bond donors (Lipinski definition) is 1. The monoisotopic (exact) mass is 327 g/mol. The number of halogens is 1. The van der Waals surface area contributed by atoms with Gasteiger partial charge in [-0.25, -0.2) is 4.39 Å². The largest absolute Gasteiger partial charge is 0.388 e. The number of aryl methyl sites for hydroxylation is 1. The van der Waals surface area contributed by atoms with Gasteiger partial charge in [-0.3, -0.25) is 4.79 Å². The lowest BCUT2D eigenvalue weighted by atomic mass is 9.87. The fourth-order valence-corrected chi connectivity index (χ4v) is 3.33. The molecule has 1 saturated heterocycles. The van der Waals surface area contributed by atoms with E-state index in [0.29, 0.717) is 13.1 Å². The van der Waals surface area contributed by atoms with E-state index in [1.165, 1.54) is 12.1 Å². The van der Waals surface area contributed by atoms with E-state index in [9.17, 15) is 14.3 Å². The number of carbonyl (C=O) groups is 1. The number of carbonyl (C=O) groups excluding carboxylic acids is 1. The van der Waals surface area contributed by atoms with E-state index in [2.05, 4.69) is 0 Å². The van der Waals surface area contributed by atoms with Gasteiger partial charge in [-0.15, -0.1) is 0 Å². The van der Waals surface area contributed by atoms with E-state index in [1.807, 2.05) is 36.1 Å². The molecule has 1 fully saturated rings. The van der Waals surface area contributed by atoms with E-state index in [1.54, 1.807) is 12.1 Å². The minimum atomic E-state index is -0.610. The quantitative estimate of drug-likeness (QED) is 0.933. The summed E-state index contributed by atoms with van der Waals surface area (Å²) in [5.41, 5.74) is 2.46. The predicted octanol–water partition coefficient (Wildman–Crippen LogP) is 3.72. The Morgan fingerprint density at radius 2 is 1.75 bits per heavy atom. The van der Waals surface area contributed by atoms with Crippen LogP contribution >= 0.6 is 0 Å². The summed E-state index contributed by atoms with van der Waals surface area (Å²) >= 11 is 0. The molecule has 4 heteroatoms. The second-order valence-electron chi connectivity index (χ2n) is 6.44. The normalized spacial score (nSPS) is 16.9. The molecule has 1 unspecified atom stereocenters. The molecule has 3 rings (SSSR count). The number of rotatable bonds is 3. The number of benzene rings is 2. The first-order valence-electron chi connectivity index (χ1n) is 8.34. The van der Waals surface area contributed by atoms with Crippen molar-refractivity contribution in [3.8, 4) is 0 Å². The van der Waals surface area contributed by atoms with Crippen LogP contribution in [-0.2, 0) is 0 Å². The minimum Gasteiger partial charge on any atom is -0.388 e. The van der Waals surface area contributed by atoms with Crippen molar-refractivity contribution in [2.45, 2.75) is 25.9 Å². The maximum absolute atomic E-state index is 13.0. The van der Waals surface area contributed by atoms with Crippen molar-refractivity contribution in [2.75, 3.05) is 13.1 Å². The second-order valence-corrected chi connectivity index (χ2v) is 6.44. The zero-order valence-corrected chi connectivity index (χ0v) is 13.8. The molecule has 1 amide bonds. The number of piperidine rings is 1. The number of aliphatic hydroxyl groups excluding tert-OH is 1. The van der Waals surface area contributed by atoms with Gasteiger partial charge in [0.2, 0.25) is 0 Å². The Hall–Kier alpha value is -2.20. The third kappa shape index (κ3) is 3.49. The molecule has 0 spiro atoms. The van der Waals surface area contributed by atoms with Gasteiger partial charge in [0.25, 0.3) is 5.91 Å². The third-order valence-electron chi connectivity index (χ3n) is 4.86. The Morgan fingerprint density at radius 1 is 1.12 bits per heavy atom. The van der Waals surface area contributed by atoms with Crippen LogP contribution in [0.2, 0.25) is 0 Å². The van der Waals surface area contributed by atoms with Crippen LogP contribution in [0.25, 0.3) is 0 Å². The molecule has 0 aliphatic carbocycles. The van der Waals surface area contributed by atoms with Gasteiger partial charge in [0.1, 0.15) is 5.82 Å². The molecule has 0 saturated carbocycles. The summed E-state index contributed by atoms with van der Waals surface area (Å²) in [5.74, 6) is -0.149. The molecule has 1 N–H and O–H groups in total. The van der Waals surface area contributed by atoms with Gasteiger partial charge < -0.3 is 10.0 Å². The molecule has 24 heavy (non-hydrogen) atoms. The Bertz CT molecular complexity index is 706. The molecule has 1 aliphatic heterocycles. The highest BCUT2D eigenvalue weighted by Crippen LogP contribution is 2.31. The van der Waals surface area contributed by atoms with E-state index in [4.69, 9.17) is 0 Å². The average Bonchev–Trinajstić information content (AvgIpc) is 2.62. The average molecular weight is 327 g/mol. The first-order valence-corrected chi connectivity index (χ1v) is 8.34. The van der Waals surface area contributed by atoms with Crippen molar-refractivity contribution >= 4 is 5.91 Å². The molecule has 1 atom stereocenters. The van der Waals surface area contributed by atoms with E-state index in [0.717, 1.165) is 29.5 Å². The maximum Gasteiger partial charge on any atom is 0.254 e. The highest BCUT2D eigenvalue weighted by Gasteiger charge is 2.29. The summed E-state index contributed by atoms with van der Waals surface area (Å²) in [6.45, 7) is 3.21. The number of likely N-dealkylation sites (tertiary alicyclic amines) is 1. The highest BCUT2D eigenvalue weighted by molar-refractivity contribution is 5.95. The van der Waals surface area contributed by atoms with Crippen LogP contribution in [0.5, 0.6) is 0 Å². The topological polar surface area (TPSA) is 40.5 Å². The molecule has 1 aliphatic rings. The maximum atomic E-state index is 13.0. The molecule has 3 nitrogen and oxygen atoms in total. The smallest absolute Gasteiger partial charge is 0.254 e.